The highest BCUT2D eigenvalue weighted by Crippen LogP contribution is 2.71. The van der Waals surface area contributed by atoms with E-state index in [1.54, 1.807) is 0 Å². The van der Waals surface area contributed by atoms with Gasteiger partial charge < -0.3 is 5.11 Å². The molecule has 0 heterocycles. The molecule has 32 heavy (non-hydrogen) atoms. The predicted octanol–water partition coefficient (Wildman–Crippen LogP) is 7.74. The topological polar surface area (TPSA) is 37.3 Å². The molecule has 2 heteroatoms. The van der Waals surface area contributed by atoms with Crippen LogP contribution in [0.2, 0.25) is 0 Å². The molecule has 4 rings (SSSR count). The van der Waals surface area contributed by atoms with E-state index in [4.69, 9.17) is 0 Å². The summed E-state index contributed by atoms with van der Waals surface area (Å²) in [6, 6.07) is 0. The highest BCUT2D eigenvalue weighted by atomic mass is 16.3. The molecule has 0 radical (unpaired) electrons. The molecule has 2 fully saturated rings. The number of ketones is 1. The van der Waals surface area contributed by atoms with Gasteiger partial charge >= 0.3 is 0 Å². The van der Waals surface area contributed by atoms with Gasteiger partial charge in [0, 0.05) is 17.4 Å². The lowest BCUT2D eigenvalue weighted by Gasteiger charge is -2.61. The van der Waals surface area contributed by atoms with E-state index in [1.165, 1.54) is 49.7 Å². The lowest BCUT2D eigenvalue weighted by molar-refractivity contribution is -0.134. The highest BCUT2D eigenvalue weighted by molar-refractivity contribution is 5.99. The summed E-state index contributed by atoms with van der Waals surface area (Å²) >= 11 is 0. The summed E-state index contributed by atoms with van der Waals surface area (Å²) in [4.78, 5) is 13.9. The van der Waals surface area contributed by atoms with Crippen LogP contribution in [0.15, 0.2) is 11.1 Å². The van der Waals surface area contributed by atoms with Gasteiger partial charge in [-0.3, -0.25) is 4.79 Å². The molecule has 1 N–H and O–H groups in total. The molecule has 0 spiro atoms. The monoisotopic (exact) mass is 442 g/mol. The van der Waals surface area contributed by atoms with E-state index in [-0.39, 0.29) is 33.7 Å². The van der Waals surface area contributed by atoms with Crippen LogP contribution in [0.25, 0.3) is 0 Å². The van der Waals surface area contributed by atoms with Crippen LogP contribution < -0.4 is 0 Å². The van der Waals surface area contributed by atoms with Crippen molar-refractivity contribution in [3.63, 3.8) is 0 Å². The number of fused-ring (bicyclic) bond motifs is 4. The fourth-order valence-electron chi connectivity index (χ4n) is 9.35. The van der Waals surface area contributed by atoms with Crippen molar-refractivity contribution >= 4 is 5.78 Å². The Morgan fingerprint density at radius 2 is 1.66 bits per heavy atom. The minimum atomic E-state index is -0.289. The van der Waals surface area contributed by atoms with Crippen LogP contribution in [0.3, 0.4) is 0 Å². The second-order valence-electron chi connectivity index (χ2n) is 14.0. The molecule has 2 nitrogen and oxygen atoms in total. The van der Waals surface area contributed by atoms with Gasteiger partial charge in [-0.2, -0.15) is 0 Å². The molecule has 4 aliphatic carbocycles. The van der Waals surface area contributed by atoms with Crippen LogP contribution in [0.1, 0.15) is 120 Å². The molecule has 2 saturated carbocycles. The van der Waals surface area contributed by atoms with Gasteiger partial charge in [0.2, 0.25) is 0 Å². The summed E-state index contributed by atoms with van der Waals surface area (Å²) < 4.78 is 0. The molecule has 182 valence electrons. The number of allylic oxidation sites excluding steroid dienone is 2. The fourth-order valence-corrected chi connectivity index (χ4v) is 9.35. The summed E-state index contributed by atoms with van der Waals surface area (Å²) in [5.41, 5.74) is 2.93. The zero-order valence-corrected chi connectivity index (χ0v) is 22.3. The normalized spacial score (nSPS) is 44.3. The Morgan fingerprint density at radius 3 is 2.31 bits per heavy atom. The van der Waals surface area contributed by atoms with Gasteiger partial charge in [0.05, 0.1) is 6.10 Å². The molecule has 0 aliphatic heterocycles. The van der Waals surface area contributed by atoms with Gasteiger partial charge in [-0.25, -0.2) is 0 Å². The summed E-state index contributed by atoms with van der Waals surface area (Å²) in [6.07, 6.45) is 11.1. The van der Waals surface area contributed by atoms with Crippen molar-refractivity contribution in [3.8, 4) is 0 Å². The number of carbonyl (C=O) groups excluding carboxylic acids is 1. The third-order valence-electron chi connectivity index (χ3n) is 11.7. The number of rotatable bonds is 5. The Morgan fingerprint density at radius 1 is 0.969 bits per heavy atom. The largest absolute Gasteiger partial charge is 0.393 e. The molecule has 0 amide bonds. The van der Waals surface area contributed by atoms with E-state index in [9.17, 15) is 9.90 Å². The zero-order valence-electron chi connectivity index (χ0n) is 22.3. The lowest BCUT2D eigenvalue weighted by atomic mass is 9.43. The Balaban J connectivity index is 1.68. The third-order valence-corrected chi connectivity index (χ3v) is 11.7. The first-order chi connectivity index (χ1) is 14.8. The molecule has 4 aliphatic rings. The number of aliphatic hydroxyl groups is 1. The van der Waals surface area contributed by atoms with Crippen LogP contribution in [-0.2, 0) is 4.79 Å². The van der Waals surface area contributed by atoms with Crippen molar-refractivity contribution in [3.05, 3.63) is 11.1 Å². The first kappa shape index (κ1) is 24.5. The lowest BCUT2D eigenvalue weighted by Crippen LogP contribution is -2.57. The summed E-state index contributed by atoms with van der Waals surface area (Å²) in [5.74, 6) is 2.96. The number of carbonyl (C=O) groups is 1. The predicted molar refractivity (Wildman–Crippen MR) is 133 cm³/mol. The van der Waals surface area contributed by atoms with Gasteiger partial charge in [0.25, 0.3) is 0 Å². The first-order valence-electron chi connectivity index (χ1n) is 13.7. The van der Waals surface area contributed by atoms with Crippen molar-refractivity contribution in [2.75, 3.05) is 0 Å². The molecule has 0 bridgehead atoms. The van der Waals surface area contributed by atoms with Crippen molar-refractivity contribution in [1.29, 1.82) is 0 Å². The molecule has 7 atom stereocenters. The number of aliphatic hydroxyl groups excluding tert-OH is 1. The van der Waals surface area contributed by atoms with Crippen molar-refractivity contribution in [1.82, 2.24) is 0 Å². The third kappa shape index (κ3) is 3.32. The zero-order chi connectivity index (χ0) is 23.7. The SMILES string of the molecule is CC(C)CCCC(C)[C@H]1CC[C@@]2(C)C3=C(CC[C@]12C)[C@@]1(C)CC[C@H](O)C(C)(C)C1CC3=O. The van der Waals surface area contributed by atoms with Crippen LogP contribution in [-0.4, -0.2) is 17.0 Å². The van der Waals surface area contributed by atoms with Gasteiger partial charge in [0.1, 0.15) is 0 Å². The molecule has 0 aromatic rings. The molecule has 0 saturated heterocycles. The van der Waals surface area contributed by atoms with E-state index in [2.05, 4.69) is 55.4 Å². The molecular weight excluding hydrogens is 392 g/mol. The second-order valence-corrected chi connectivity index (χ2v) is 14.0. The maximum Gasteiger partial charge on any atom is 0.159 e. The highest BCUT2D eigenvalue weighted by Gasteiger charge is 2.65. The Bertz CT molecular complexity index is 791. The maximum atomic E-state index is 13.9. The van der Waals surface area contributed by atoms with Crippen LogP contribution in [0.5, 0.6) is 0 Å². The fraction of sp³-hybridized carbons (Fsp3) is 0.900. The van der Waals surface area contributed by atoms with Crippen molar-refractivity contribution < 1.29 is 9.90 Å². The van der Waals surface area contributed by atoms with Gasteiger partial charge in [-0.05, 0) is 78.4 Å². The van der Waals surface area contributed by atoms with Gasteiger partial charge in [-0.1, -0.05) is 80.2 Å². The van der Waals surface area contributed by atoms with Crippen molar-refractivity contribution in [2.24, 2.45) is 45.3 Å². The smallest absolute Gasteiger partial charge is 0.159 e. The van der Waals surface area contributed by atoms with E-state index >= 15 is 0 Å². The van der Waals surface area contributed by atoms with Crippen LogP contribution in [0.4, 0.5) is 0 Å². The average molecular weight is 443 g/mol. The molecule has 0 aromatic heterocycles. The summed E-state index contributed by atoms with van der Waals surface area (Å²) in [7, 11) is 0. The van der Waals surface area contributed by atoms with E-state index in [0.29, 0.717) is 12.2 Å². The van der Waals surface area contributed by atoms with E-state index < -0.39 is 0 Å². The first-order valence-corrected chi connectivity index (χ1v) is 13.7. The maximum absolute atomic E-state index is 13.9. The van der Waals surface area contributed by atoms with Crippen molar-refractivity contribution in [2.45, 2.75) is 126 Å². The van der Waals surface area contributed by atoms with Gasteiger partial charge in [-0.15, -0.1) is 0 Å². The number of Topliss-reactive ketones (excluding diaryl/α,β-unsaturated/α-hetero) is 1. The molecule has 0 aromatic carbocycles. The molecule has 2 unspecified atom stereocenters. The second kappa shape index (κ2) is 7.96. The molecular formula is C30H50O2. The standard InChI is InChI=1S/C30H50O2/c1-19(2)10-9-11-20(3)21-12-17-30(8)26-22(13-16-29(21,30)7)28(6)15-14-25(32)27(4,5)24(28)18-23(26)31/h19-21,24-25,32H,9-18H2,1-8H3/t20?,21-,24?,25+,28-,29-,30+/m1/s1. The Hall–Kier alpha value is -0.630. The summed E-state index contributed by atoms with van der Waals surface area (Å²) in [6.45, 7) is 19.0. The number of hydrogen-bond acceptors (Lipinski definition) is 2. The minimum absolute atomic E-state index is 0.0306. The Kier molecular flexibility index (Phi) is 6.09. The van der Waals surface area contributed by atoms with Crippen LogP contribution in [0, 0.1) is 45.3 Å². The van der Waals surface area contributed by atoms with Gasteiger partial charge in [0.15, 0.2) is 5.78 Å². The van der Waals surface area contributed by atoms with E-state index in [1.807, 2.05) is 0 Å². The van der Waals surface area contributed by atoms with E-state index in [0.717, 1.165) is 37.0 Å². The minimum Gasteiger partial charge on any atom is -0.393 e. The average Bonchev–Trinajstić information content (AvgIpc) is 2.98. The quantitative estimate of drug-likeness (QED) is 0.473. The number of hydrogen-bond donors (Lipinski definition) is 1. The van der Waals surface area contributed by atoms with Crippen LogP contribution >= 0.6 is 0 Å². The Labute approximate surface area is 198 Å². The summed E-state index contributed by atoms with van der Waals surface area (Å²) in [5, 5.41) is 10.8.